The van der Waals surface area contributed by atoms with Gasteiger partial charge in [0, 0.05) is 35.5 Å². The van der Waals surface area contributed by atoms with Crippen LogP contribution in [0.4, 0.5) is 5.69 Å². The van der Waals surface area contributed by atoms with E-state index in [0.29, 0.717) is 18.8 Å². The molecular formula is C28H39NO3. The highest BCUT2D eigenvalue weighted by atomic mass is 16.5. The van der Waals surface area contributed by atoms with Gasteiger partial charge in [-0.15, -0.1) is 0 Å². The van der Waals surface area contributed by atoms with Gasteiger partial charge in [-0.3, -0.25) is 4.79 Å². The van der Waals surface area contributed by atoms with Crippen LogP contribution >= 0.6 is 0 Å². The third kappa shape index (κ3) is 7.44. The van der Waals surface area contributed by atoms with E-state index in [1.54, 1.807) is 6.08 Å². The van der Waals surface area contributed by atoms with Crippen molar-refractivity contribution < 1.29 is 14.3 Å². The van der Waals surface area contributed by atoms with Crippen molar-refractivity contribution in [3.8, 4) is 11.5 Å². The topological polar surface area (TPSA) is 47.6 Å². The van der Waals surface area contributed by atoms with Gasteiger partial charge in [0.05, 0.1) is 13.2 Å². The number of hydrogen-bond acceptors (Lipinski definition) is 4. The molecule has 2 aromatic carbocycles. The van der Waals surface area contributed by atoms with Crippen LogP contribution in [0.3, 0.4) is 0 Å². The molecule has 174 valence electrons. The highest BCUT2D eigenvalue weighted by molar-refractivity contribution is 6.07. The lowest BCUT2D eigenvalue weighted by Gasteiger charge is -2.25. The second-order valence-electron chi connectivity index (χ2n) is 9.07. The van der Waals surface area contributed by atoms with Gasteiger partial charge >= 0.3 is 0 Å². The molecule has 2 aromatic rings. The van der Waals surface area contributed by atoms with E-state index in [1.807, 2.05) is 43.5 Å². The third-order valence-corrected chi connectivity index (χ3v) is 5.30. The first-order valence-electron chi connectivity index (χ1n) is 11.7. The number of rotatable bonds is 12. The molecule has 0 aliphatic heterocycles. The van der Waals surface area contributed by atoms with Gasteiger partial charge in [-0.05, 0) is 60.7 Å². The van der Waals surface area contributed by atoms with Gasteiger partial charge < -0.3 is 14.8 Å². The maximum absolute atomic E-state index is 12.7. The van der Waals surface area contributed by atoms with Crippen LogP contribution < -0.4 is 14.8 Å². The highest BCUT2D eigenvalue weighted by Crippen LogP contribution is 2.37. The van der Waals surface area contributed by atoms with Crippen molar-refractivity contribution >= 4 is 17.5 Å². The standard InChI is InChI=1S/C28H39NO3/c1-7-9-17-31-26-20-27(32-18-10-8-2)24(28(3,4)5)19-22(26)13-16-25(30)21-11-14-23(29-6)15-12-21/h11-16,19-20,29H,7-10,17-18H2,1-6H3/b16-13+. The van der Waals surface area contributed by atoms with Gasteiger partial charge in [0.15, 0.2) is 5.78 Å². The number of nitrogens with one attached hydrogen (secondary N) is 1. The predicted molar refractivity (Wildman–Crippen MR) is 135 cm³/mol. The molecule has 0 bridgehead atoms. The first-order valence-corrected chi connectivity index (χ1v) is 11.7. The van der Waals surface area contributed by atoms with Crippen molar-refractivity contribution in [3.05, 3.63) is 59.2 Å². The Morgan fingerprint density at radius 2 is 1.53 bits per heavy atom. The van der Waals surface area contributed by atoms with E-state index in [9.17, 15) is 4.79 Å². The summed E-state index contributed by atoms with van der Waals surface area (Å²) in [5, 5.41) is 3.07. The molecule has 0 spiro atoms. The molecule has 2 rings (SSSR count). The number of anilines is 1. The quantitative estimate of drug-likeness (QED) is 0.215. The van der Waals surface area contributed by atoms with E-state index < -0.39 is 0 Å². The summed E-state index contributed by atoms with van der Waals surface area (Å²) in [6, 6.07) is 11.6. The highest BCUT2D eigenvalue weighted by Gasteiger charge is 2.22. The van der Waals surface area contributed by atoms with Crippen molar-refractivity contribution in [1.29, 1.82) is 0 Å². The lowest BCUT2D eigenvalue weighted by Crippen LogP contribution is -2.15. The number of unbranched alkanes of at least 4 members (excludes halogenated alkanes) is 2. The van der Waals surface area contributed by atoms with Crippen molar-refractivity contribution in [3.63, 3.8) is 0 Å². The van der Waals surface area contributed by atoms with Crippen LogP contribution in [0.15, 0.2) is 42.5 Å². The summed E-state index contributed by atoms with van der Waals surface area (Å²) in [4.78, 5) is 12.7. The third-order valence-electron chi connectivity index (χ3n) is 5.30. The van der Waals surface area contributed by atoms with Gasteiger partial charge in [0.25, 0.3) is 0 Å². The molecule has 1 N–H and O–H groups in total. The summed E-state index contributed by atoms with van der Waals surface area (Å²) >= 11 is 0. The van der Waals surface area contributed by atoms with E-state index >= 15 is 0 Å². The molecule has 0 atom stereocenters. The minimum absolute atomic E-state index is 0.0345. The van der Waals surface area contributed by atoms with Crippen LogP contribution in [0, 0.1) is 0 Å². The molecule has 0 unspecified atom stereocenters. The monoisotopic (exact) mass is 437 g/mol. The van der Waals surface area contributed by atoms with Gasteiger partial charge in [-0.1, -0.05) is 47.5 Å². The van der Waals surface area contributed by atoms with E-state index in [2.05, 4.69) is 46.0 Å². The summed E-state index contributed by atoms with van der Waals surface area (Å²) in [5.74, 6) is 1.59. The normalized spacial score (nSPS) is 11.6. The number of allylic oxidation sites excluding steroid dienone is 1. The van der Waals surface area contributed by atoms with Gasteiger partial charge in [-0.2, -0.15) is 0 Å². The maximum atomic E-state index is 12.7. The minimum Gasteiger partial charge on any atom is -0.493 e. The van der Waals surface area contributed by atoms with Crippen LogP contribution in [0.2, 0.25) is 0 Å². The van der Waals surface area contributed by atoms with Crippen molar-refractivity contribution in [1.82, 2.24) is 0 Å². The summed E-state index contributed by atoms with van der Waals surface area (Å²) in [7, 11) is 1.86. The maximum Gasteiger partial charge on any atom is 0.185 e. The Labute approximate surface area is 194 Å². The molecule has 32 heavy (non-hydrogen) atoms. The summed E-state index contributed by atoms with van der Waals surface area (Å²) in [6.45, 7) is 12.1. The van der Waals surface area contributed by atoms with E-state index in [0.717, 1.165) is 54.0 Å². The Hall–Kier alpha value is -2.75. The molecule has 0 saturated carbocycles. The second-order valence-corrected chi connectivity index (χ2v) is 9.07. The van der Waals surface area contributed by atoms with Crippen LogP contribution in [0.25, 0.3) is 6.08 Å². The average Bonchev–Trinajstić information content (AvgIpc) is 2.77. The van der Waals surface area contributed by atoms with Crippen molar-refractivity contribution in [2.45, 2.75) is 65.7 Å². The van der Waals surface area contributed by atoms with Crippen LogP contribution in [-0.4, -0.2) is 26.0 Å². The van der Waals surface area contributed by atoms with Crippen LogP contribution in [0.1, 0.15) is 81.8 Å². The number of ketones is 1. The van der Waals surface area contributed by atoms with E-state index in [1.165, 1.54) is 0 Å². The first kappa shape index (κ1) is 25.5. The van der Waals surface area contributed by atoms with Crippen molar-refractivity contribution in [2.75, 3.05) is 25.6 Å². The molecule has 0 aromatic heterocycles. The number of ether oxygens (including phenoxy) is 2. The first-order chi connectivity index (χ1) is 15.3. The zero-order valence-electron chi connectivity index (χ0n) is 20.6. The molecule has 0 radical (unpaired) electrons. The van der Waals surface area contributed by atoms with Gasteiger partial charge in [0.2, 0.25) is 0 Å². The van der Waals surface area contributed by atoms with E-state index in [4.69, 9.17) is 9.47 Å². The molecular weight excluding hydrogens is 398 g/mol. The Bertz CT molecular complexity index is 892. The molecule has 4 nitrogen and oxygen atoms in total. The largest absolute Gasteiger partial charge is 0.493 e. The number of hydrogen-bond donors (Lipinski definition) is 1. The fourth-order valence-corrected chi connectivity index (χ4v) is 3.25. The lowest BCUT2D eigenvalue weighted by atomic mass is 9.85. The molecule has 0 aliphatic carbocycles. The summed E-state index contributed by atoms with van der Waals surface area (Å²) in [5.41, 5.74) is 3.55. The second kappa shape index (κ2) is 12.3. The fraction of sp³-hybridized carbons (Fsp3) is 0.464. The molecule has 0 amide bonds. The average molecular weight is 438 g/mol. The number of carbonyl (C=O) groups excluding carboxylic acids is 1. The van der Waals surface area contributed by atoms with Crippen molar-refractivity contribution in [2.24, 2.45) is 0 Å². The lowest BCUT2D eigenvalue weighted by molar-refractivity contribution is 0.104. The predicted octanol–water partition coefficient (Wildman–Crippen LogP) is 7.28. The molecule has 0 fully saturated rings. The summed E-state index contributed by atoms with van der Waals surface area (Å²) < 4.78 is 12.3. The SMILES string of the molecule is CCCCOc1cc(OCCCC)c(C(C)(C)C)cc1/C=C/C(=O)c1ccc(NC)cc1. The van der Waals surface area contributed by atoms with Gasteiger partial charge in [-0.25, -0.2) is 0 Å². The smallest absolute Gasteiger partial charge is 0.185 e. The van der Waals surface area contributed by atoms with Crippen LogP contribution in [0.5, 0.6) is 11.5 Å². The Kier molecular flexibility index (Phi) is 9.83. The molecule has 0 saturated heterocycles. The zero-order chi connectivity index (χ0) is 23.6. The van der Waals surface area contributed by atoms with E-state index in [-0.39, 0.29) is 11.2 Å². The molecule has 4 heteroatoms. The minimum atomic E-state index is -0.0981. The summed E-state index contributed by atoms with van der Waals surface area (Å²) in [6.07, 6.45) is 7.63. The fourth-order valence-electron chi connectivity index (χ4n) is 3.25. The number of carbonyl (C=O) groups is 1. The Balaban J connectivity index is 2.39. The zero-order valence-corrected chi connectivity index (χ0v) is 20.6. The Morgan fingerprint density at radius 3 is 2.06 bits per heavy atom. The van der Waals surface area contributed by atoms with Crippen LogP contribution in [-0.2, 0) is 5.41 Å². The Morgan fingerprint density at radius 1 is 0.938 bits per heavy atom. The molecule has 0 aliphatic rings. The molecule has 0 heterocycles. The van der Waals surface area contributed by atoms with Gasteiger partial charge in [0.1, 0.15) is 11.5 Å². The number of benzene rings is 2.